The van der Waals surface area contributed by atoms with E-state index < -0.39 is 0 Å². The summed E-state index contributed by atoms with van der Waals surface area (Å²) in [6.07, 6.45) is 0. The highest BCUT2D eigenvalue weighted by molar-refractivity contribution is 6.02. The molecule has 6 rings (SSSR count). The number of rotatable bonds is 4. The summed E-state index contributed by atoms with van der Waals surface area (Å²) < 4.78 is 15.7. The van der Waals surface area contributed by atoms with Gasteiger partial charge >= 0.3 is 6.03 Å². The first kappa shape index (κ1) is 25.4. The van der Waals surface area contributed by atoms with Gasteiger partial charge in [-0.3, -0.25) is 4.79 Å². The fourth-order valence-corrected chi connectivity index (χ4v) is 5.38. The summed E-state index contributed by atoms with van der Waals surface area (Å²) in [5.74, 6) is -0.387. The largest absolute Gasteiger partial charge is 0.335 e. The van der Waals surface area contributed by atoms with E-state index in [2.05, 4.69) is 5.32 Å². The van der Waals surface area contributed by atoms with Crippen molar-refractivity contribution in [2.24, 2.45) is 0 Å². The van der Waals surface area contributed by atoms with E-state index >= 15 is 0 Å². The van der Waals surface area contributed by atoms with E-state index in [1.165, 1.54) is 12.1 Å². The van der Waals surface area contributed by atoms with Crippen molar-refractivity contribution in [3.8, 4) is 16.9 Å². The van der Waals surface area contributed by atoms with Gasteiger partial charge in [0.05, 0.1) is 16.9 Å². The molecule has 1 saturated heterocycles. The van der Waals surface area contributed by atoms with Gasteiger partial charge in [0.1, 0.15) is 5.82 Å². The summed E-state index contributed by atoms with van der Waals surface area (Å²) in [7, 11) is 0. The number of benzene rings is 4. The SMILES string of the molecule is Cc1c(C(=O)N2CCN(C(=O)Nc3cccc4ccccc34)CC2)cc(-c2ccc(F)cc2)n1-c1ccccc1. The Morgan fingerprint density at radius 3 is 2.15 bits per heavy atom. The number of piperazine rings is 1. The van der Waals surface area contributed by atoms with Gasteiger partial charge in [0, 0.05) is 42.9 Å². The molecule has 0 spiro atoms. The van der Waals surface area contributed by atoms with Crippen LogP contribution in [0.3, 0.4) is 0 Å². The number of carbonyl (C=O) groups excluding carboxylic acids is 2. The highest BCUT2D eigenvalue weighted by Crippen LogP contribution is 2.31. The average molecular weight is 533 g/mol. The molecule has 0 bridgehead atoms. The number of halogens is 1. The summed E-state index contributed by atoms with van der Waals surface area (Å²) >= 11 is 0. The van der Waals surface area contributed by atoms with Crippen molar-refractivity contribution in [2.45, 2.75) is 6.92 Å². The minimum Gasteiger partial charge on any atom is -0.335 e. The van der Waals surface area contributed by atoms with Crippen LogP contribution in [0.5, 0.6) is 0 Å². The molecule has 1 aliphatic heterocycles. The van der Waals surface area contributed by atoms with Crippen molar-refractivity contribution in [1.82, 2.24) is 14.4 Å². The lowest BCUT2D eigenvalue weighted by Gasteiger charge is -2.34. The number of fused-ring (bicyclic) bond motifs is 1. The zero-order chi connectivity index (χ0) is 27.6. The fourth-order valence-electron chi connectivity index (χ4n) is 5.38. The molecule has 1 aromatic heterocycles. The first-order valence-electron chi connectivity index (χ1n) is 13.4. The Morgan fingerprint density at radius 2 is 1.40 bits per heavy atom. The van der Waals surface area contributed by atoms with Gasteiger partial charge in [-0.15, -0.1) is 0 Å². The van der Waals surface area contributed by atoms with Crippen molar-refractivity contribution in [1.29, 1.82) is 0 Å². The lowest BCUT2D eigenvalue weighted by molar-refractivity contribution is 0.0671. The molecule has 0 atom stereocenters. The minimum absolute atomic E-state index is 0.0790. The Balaban J connectivity index is 1.20. The molecule has 6 nitrogen and oxygen atoms in total. The second-order valence-corrected chi connectivity index (χ2v) is 9.94. The zero-order valence-corrected chi connectivity index (χ0v) is 22.2. The number of anilines is 1. The standard InChI is InChI=1S/C33H29FN4O2/c1-23-29(22-31(25-14-16-26(34)17-15-25)38(23)27-10-3-2-4-11-27)32(39)36-18-20-37(21-19-36)33(40)35-30-13-7-9-24-8-5-6-12-28(24)30/h2-17,22H,18-21H2,1H3,(H,35,40). The molecule has 0 radical (unpaired) electrons. The van der Waals surface area contributed by atoms with Crippen LogP contribution in [0, 0.1) is 12.7 Å². The van der Waals surface area contributed by atoms with E-state index in [1.807, 2.05) is 90.4 Å². The molecule has 200 valence electrons. The molecular formula is C33H29FN4O2. The van der Waals surface area contributed by atoms with E-state index in [9.17, 15) is 14.0 Å². The molecule has 4 aromatic carbocycles. The summed E-state index contributed by atoms with van der Waals surface area (Å²) in [6, 6.07) is 31.6. The number of hydrogen-bond donors (Lipinski definition) is 1. The quantitative estimate of drug-likeness (QED) is 0.279. The summed E-state index contributed by atoms with van der Waals surface area (Å²) in [6.45, 7) is 3.67. The lowest BCUT2D eigenvalue weighted by Crippen LogP contribution is -2.51. The number of amides is 3. The number of hydrogen-bond acceptors (Lipinski definition) is 2. The molecule has 40 heavy (non-hydrogen) atoms. The number of aromatic nitrogens is 1. The number of para-hydroxylation sites is 1. The zero-order valence-electron chi connectivity index (χ0n) is 22.2. The molecule has 0 saturated carbocycles. The van der Waals surface area contributed by atoms with Gasteiger partial charge in [0.2, 0.25) is 0 Å². The van der Waals surface area contributed by atoms with Crippen LogP contribution in [0.4, 0.5) is 14.9 Å². The molecular weight excluding hydrogens is 503 g/mol. The maximum absolute atomic E-state index is 13.8. The molecule has 0 aliphatic carbocycles. The van der Waals surface area contributed by atoms with Gasteiger partial charge < -0.3 is 19.7 Å². The fraction of sp³-hybridized carbons (Fsp3) is 0.152. The van der Waals surface area contributed by atoms with Crippen molar-refractivity contribution >= 4 is 28.4 Å². The second kappa shape index (κ2) is 10.7. The topological polar surface area (TPSA) is 57.6 Å². The Morgan fingerprint density at radius 1 is 0.750 bits per heavy atom. The van der Waals surface area contributed by atoms with Gasteiger partial charge in [-0.2, -0.15) is 0 Å². The van der Waals surface area contributed by atoms with E-state index in [1.54, 1.807) is 21.9 Å². The Kier molecular flexibility index (Phi) is 6.78. The van der Waals surface area contributed by atoms with E-state index in [4.69, 9.17) is 0 Å². The van der Waals surface area contributed by atoms with Crippen molar-refractivity contribution in [2.75, 3.05) is 31.5 Å². The Hall–Kier alpha value is -4.91. The number of urea groups is 1. The smallest absolute Gasteiger partial charge is 0.321 e. The van der Waals surface area contributed by atoms with Gasteiger partial charge in [-0.25, -0.2) is 9.18 Å². The van der Waals surface area contributed by atoms with Crippen LogP contribution < -0.4 is 5.32 Å². The molecule has 1 N–H and O–H groups in total. The van der Waals surface area contributed by atoms with Crippen molar-refractivity contribution < 1.29 is 14.0 Å². The molecule has 1 aliphatic rings. The van der Waals surface area contributed by atoms with E-state index in [0.717, 1.165) is 39.1 Å². The highest BCUT2D eigenvalue weighted by Gasteiger charge is 2.28. The highest BCUT2D eigenvalue weighted by atomic mass is 19.1. The maximum Gasteiger partial charge on any atom is 0.321 e. The van der Waals surface area contributed by atoms with Crippen LogP contribution in [-0.2, 0) is 0 Å². The monoisotopic (exact) mass is 532 g/mol. The predicted octanol–water partition coefficient (Wildman–Crippen LogP) is 6.73. The number of nitrogens with one attached hydrogen (secondary N) is 1. The molecule has 5 aromatic rings. The first-order valence-corrected chi connectivity index (χ1v) is 13.4. The van der Waals surface area contributed by atoms with Crippen LogP contribution in [0.2, 0.25) is 0 Å². The van der Waals surface area contributed by atoms with E-state index in [0.29, 0.717) is 31.7 Å². The van der Waals surface area contributed by atoms with Crippen LogP contribution in [-0.4, -0.2) is 52.5 Å². The number of nitrogens with zero attached hydrogens (tertiary/aromatic N) is 3. The minimum atomic E-state index is -0.308. The summed E-state index contributed by atoms with van der Waals surface area (Å²) in [5, 5.41) is 5.10. The maximum atomic E-state index is 13.8. The van der Waals surface area contributed by atoms with Crippen LogP contribution in [0.15, 0.2) is 103 Å². The summed E-state index contributed by atoms with van der Waals surface area (Å²) in [4.78, 5) is 30.4. The van der Waals surface area contributed by atoms with Gasteiger partial charge in [0.25, 0.3) is 5.91 Å². The predicted molar refractivity (Wildman–Crippen MR) is 156 cm³/mol. The van der Waals surface area contributed by atoms with E-state index in [-0.39, 0.29) is 17.8 Å². The van der Waals surface area contributed by atoms with Crippen LogP contribution in [0.1, 0.15) is 16.1 Å². The lowest BCUT2D eigenvalue weighted by atomic mass is 10.1. The van der Waals surface area contributed by atoms with Gasteiger partial charge in [0.15, 0.2) is 0 Å². The number of carbonyl (C=O) groups is 2. The normalized spacial score (nSPS) is 13.4. The second-order valence-electron chi connectivity index (χ2n) is 9.94. The Bertz CT molecular complexity index is 1680. The summed E-state index contributed by atoms with van der Waals surface area (Å²) in [5.41, 5.74) is 4.74. The third-order valence-electron chi connectivity index (χ3n) is 7.52. The third kappa shape index (κ3) is 4.82. The molecule has 3 amide bonds. The Labute approximate surface area is 232 Å². The molecule has 7 heteroatoms. The average Bonchev–Trinajstić information content (AvgIpc) is 3.34. The van der Waals surface area contributed by atoms with Crippen LogP contribution in [0.25, 0.3) is 27.7 Å². The molecule has 0 unspecified atom stereocenters. The third-order valence-corrected chi connectivity index (χ3v) is 7.52. The molecule has 1 fully saturated rings. The van der Waals surface area contributed by atoms with Crippen molar-refractivity contribution in [3.63, 3.8) is 0 Å². The first-order chi connectivity index (χ1) is 19.5. The van der Waals surface area contributed by atoms with Crippen LogP contribution >= 0.6 is 0 Å². The van der Waals surface area contributed by atoms with Crippen molar-refractivity contribution in [3.05, 3.63) is 120 Å². The van der Waals surface area contributed by atoms with Gasteiger partial charge in [-0.1, -0.05) is 54.6 Å². The van der Waals surface area contributed by atoms with Gasteiger partial charge in [-0.05, 0) is 66.4 Å². The molecule has 2 heterocycles.